The van der Waals surface area contributed by atoms with Gasteiger partial charge >= 0.3 is 0 Å². The van der Waals surface area contributed by atoms with Crippen molar-refractivity contribution in [2.24, 2.45) is 0 Å². The van der Waals surface area contributed by atoms with Gasteiger partial charge in [0.25, 0.3) is 0 Å². The van der Waals surface area contributed by atoms with Crippen LogP contribution in [0.2, 0.25) is 0 Å². The number of nitrogens with one attached hydrogen (secondary N) is 2. The van der Waals surface area contributed by atoms with E-state index in [0.29, 0.717) is 6.42 Å². The molecule has 16 heavy (non-hydrogen) atoms. The van der Waals surface area contributed by atoms with Crippen molar-refractivity contribution in [2.45, 2.75) is 31.2 Å². The Morgan fingerprint density at radius 1 is 1.25 bits per heavy atom. The van der Waals surface area contributed by atoms with Crippen molar-refractivity contribution in [2.75, 3.05) is 10.6 Å². The van der Waals surface area contributed by atoms with Crippen molar-refractivity contribution < 1.29 is 4.79 Å². The maximum atomic E-state index is 11.8. The highest BCUT2D eigenvalue weighted by Gasteiger charge is 2.40. The fourth-order valence-corrected chi connectivity index (χ4v) is 2.83. The summed E-state index contributed by atoms with van der Waals surface area (Å²) in [7, 11) is 0. The van der Waals surface area contributed by atoms with Gasteiger partial charge in [0.15, 0.2) is 0 Å². The molecule has 4 heteroatoms. The topological polar surface area (TPSA) is 41.1 Å². The van der Waals surface area contributed by atoms with Crippen molar-refractivity contribution in [1.82, 2.24) is 0 Å². The molecule has 2 N–H and O–H groups in total. The van der Waals surface area contributed by atoms with Gasteiger partial charge in [-0.05, 0) is 37.5 Å². The van der Waals surface area contributed by atoms with Gasteiger partial charge in [-0.2, -0.15) is 0 Å². The van der Waals surface area contributed by atoms with Gasteiger partial charge in [0, 0.05) is 16.4 Å². The van der Waals surface area contributed by atoms with Crippen LogP contribution in [-0.4, -0.2) is 11.4 Å². The first-order valence-electron chi connectivity index (χ1n) is 5.55. The van der Waals surface area contributed by atoms with E-state index in [1.807, 2.05) is 18.2 Å². The summed E-state index contributed by atoms with van der Waals surface area (Å²) in [6.45, 7) is 0. The van der Waals surface area contributed by atoms with Crippen molar-refractivity contribution in [3.8, 4) is 0 Å². The SMILES string of the molecule is O=C1CC2(CCC2)Nc2ccc(Br)cc2N1. The molecular formula is C12H13BrN2O. The van der Waals surface area contributed by atoms with Crippen LogP contribution in [0, 0.1) is 0 Å². The van der Waals surface area contributed by atoms with E-state index in [2.05, 4.69) is 26.6 Å². The van der Waals surface area contributed by atoms with Crippen LogP contribution in [0.5, 0.6) is 0 Å². The number of hydrogen-bond acceptors (Lipinski definition) is 2. The van der Waals surface area contributed by atoms with Gasteiger partial charge in [-0.15, -0.1) is 0 Å². The lowest BCUT2D eigenvalue weighted by molar-refractivity contribution is -0.117. The Kier molecular flexibility index (Phi) is 2.21. The van der Waals surface area contributed by atoms with E-state index in [9.17, 15) is 4.79 Å². The van der Waals surface area contributed by atoms with Crippen LogP contribution >= 0.6 is 15.9 Å². The van der Waals surface area contributed by atoms with Gasteiger partial charge in [-0.3, -0.25) is 4.79 Å². The van der Waals surface area contributed by atoms with Crippen LogP contribution < -0.4 is 10.6 Å². The second kappa shape index (κ2) is 3.48. The maximum absolute atomic E-state index is 11.8. The van der Waals surface area contributed by atoms with E-state index in [4.69, 9.17) is 0 Å². The van der Waals surface area contributed by atoms with E-state index in [1.165, 1.54) is 6.42 Å². The molecule has 1 aromatic rings. The third kappa shape index (κ3) is 1.61. The predicted octanol–water partition coefficient (Wildman–Crippen LogP) is 3.13. The average Bonchev–Trinajstić information content (AvgIpc) is 2.32. The van der Waals surface area contributed by atoms with E-state index < -0.39 is 0 Å². The second-order valence-electron chi connectivity index (χ2n) is 4.67. The Bertz CT molecular complexity index is 454. The number of carbonyl (C=O) groups is 1. The third-order valence-corrected chi connectivity index (χ3v) is 3.96. The first-order valence-corrected chi connectivity index (χ1v) is 6.34. The second-order valence-corrected chi connectivity index (χ2v) is 5.59. The standard InChI is InChI=1S/C12H13BrN2O/c13-8-2-3-9-10(6-8)14-11(16)7-12(15-9)4-1-5-12/h2-3,6,15H,1,4-5,7H2,(H,14,16). The van der Waals surface area contributed by atoms with Crippen molar-refractivity contribution in [1.29, 1.82) is 0 Å². The molecule has 0 radical (unpaired) electrons. The molecule has 1 aliphatic heterocycles. The van der Waals surface area contributed by atoms with Gasteiger partial charge in [0.05, 0.1) is 11.4 Å². The van der Waals surface area contributed by atoms with Gasteiger partial charge in [-0.1, -0.05) is 15.9 Å². The van der Waals surface area contributed by atoms with Gasteiger partial charge < -0.3 is 10.6 Å². The zero-order valence-corrected chi connectivity index (χ0v) is 10.4. The fraction of sp³-hybridized carbons (Fsp3) is 0.417. The lowest BCUT2D eigenvalue weighted by atomic mass is 9.74. The Balaban J connectivity index is 2.01. The van der Waals surface area contributed by atoms with Crippen molar-refractivity contribution >= 4 is 33.2 Å². The van der Waals surface area contributed by atoms with Crippen LogP contribution in [0.25, 0.3) is 0 Å². The number of rotatable bonds is 0. The highest BCUT2D eigenvalue weighted by molar-refractivity contribution is 9.10. The van der Waals surface area contributed by atoms with Gasteiger partial charge in [-0.25, -0.2) is 0 Å². The lowest BCUT2D eigenvalue weighted by Crippen LogP contribution is -2.46. The van der Waals surface area contributed by atoms with E-state index in [1.54, 1.807) is 0 Å². The predicted molar refractivity (Wildman–Crippen MR) is 67.6 cm³/mol. The lowest BCUT2D eigenvalue weighted by Gasteiger charge is -2.41. The minimum Gasteiger partial charge on any atom is -0.377 e. The molecule has 1 saturated carbocycles. The molecule has 3 nitrogen and oxygen atoms in total. The summed E-state index contributed by atoms with van der Waals surface area (Å²) in [6.07, 6.45) is 3.98. The van der Waals surface area contributed by atoms with Crippen LogP contribution in [0.4, 0.5) is 11.4 Å². The number of anilines is 2. The molecule has 0 aromatic heterocycles. The molecule has 1 aromatic carbocycles. The smallest absolute Gasteiger partial charge is 0.226 e. The molecule has 2 aliphatic rings. The molecule has 1 aliphatic carbocycles. The number of carbonyl (C=O) groups excluding carboxylic acids is 1. The number of hydrogen-bond donors (Lipinski definition) is 2. The van der Waals surface area contributed by atoms with E-state index >= 15 is 0 Å². The minimum atomic E-state index is 0.0170. The molecule has 1 heterocycles. The Hall–Kier alpha value is -1.03. The zero-order chi connectivity index (χ0) is 11.2. The minimum absolute atomic E-state index is 0.0170. The van der Waals surface area contributed by atoms with Crippen LogP contribution in [0.15, 0.2) is 22.7 Å². The van der Waals surface area contributed by atoms with Gasteiger partial charge in [0.2, 0.25) is 5.91 Å². The number of amides is 1. The van der Waals surface area contributed by atoms with Crippen molar-refractivity contribution in [3.63, 3.8) is 0 Å². The molecule has 84 valence electrons. The van der Waals surface area contributed by atoms with E-state index in [-0.39, 0.29) is 11.4 Å². The average molecular weight is 281 g/mol. The van der Waals surface area contributed by atoms with Crippen LogP contribution in [0.3, 0.4) is 0 Å². The molecule has 3 rings (SSSR count). The molecule has 0 atom stereocenters. The van der Waals surface area contributed by atoms with Gasteiger partial charge in [0.1, 0.15) is 0 Å². The summed E-state index contributed by atoms with van der Waals surface area (Å²) in [6, 6.07) is 5.96. The zero-order valence-electron chi connectivity index (χ0n) is 8.85. The molecule has 1 amide bonds. The molecule has 0 unspecified atom stereocenters. The summed E-state index contributed by atoms with van der Waals surface area (Å²) < 4.78 is 0.984. The molecule has 0 saturated heterocycles. The Morgan fingerprint density at radius 2 is 2.06 bits per heavy atom. The molecular weight excluding hydrogens is 268 g/mol. The summed E-state index contributed by atoms with van der Waals surface area (Å²) in [5.41, 5.74) is 1.93. The van der Waals surface area contributed by atoms with Crippen LogP contribution in [0.1, 0.15) is 25.7 Å². The molecule has 1 fully saturated rings. The highest BCUT2D eigenvalue weighted by Crippen LogP contribution is 2.42. The summed E-state index contributed by atoms with van der Waals surface area (Å²) in [5.74, 6) is 0.115. The summed E-state index contributed by atoms with van der Waals surface area (Å²) >= 11 is 3.42. The first kappa shape index (κ1) is 10.1. The van der Waals surface area contributed by atoms with E-state index in [0.717, 1.165) is 28.7 Å². The maximum Gasteiger partial charge on any atom is 0.226 e. The third-order valence-electron chi connectivity index (χ3n) is 3.47. The fourth-order valence-electron chi connectivity index (χ4n) is 2.47. The molecule has 0 bridgehead atoms. The van der Waals surface area contributed by atoms with Crippen LogP contribution in [-0.2, 0) is 4.79 Å². The number of halogens is 1. The highest BCUT2D eigenvalue weighted by atomic mass is 79.9. The first-order chi connectivity index (χ1) is 7.67. The summed E-state index contributed by atoms with van der Waals surface area (Å²) in [4.78, 5) is 11.8. The number of fused-ring (bicyclic) bond motifs is 1. The quantitative estimate of drug-likeness (QED) is 0.767. The summed E-state index contributed by atoms with van der Waals surface area (Å²) in [5, 5.41) is 6.48. The largest absolute Gasteiger partial charge is 0.377 e. The normalized spacial score (nSPS) is 21.4. The Morgan fingerprint density at radius 3 is 2.75 bits per heavy atom. The van der Waals surface area contributed by atoms with Crippen molar-refractivity contribution in [3.05, 3.63) is 22.7 Å². The molecule has 1 spiro atoms. The number of benzene rings is 1. The Labute approximate surface area is 103 Å². The monoisotopic (exact) mass is 280 g/mol.